The number of nitrogens with two attached hydrogens (primary N) is 1. The molecule has 1 rings (SSSR count). The van der Waals surface area contributed by atoms with Crippen LogP contribution in [0.1, 0.15) is 5.82 Å². The highest BCUT2D eigenvalue weighted by molar-refractivity contribution is 7.09. The summed E-state index contributed by atoms with van der Waals surface area (Å²) in [5.74, 6) is 0.0735. The Morgan fingerprint density at radius 2 is 2.36 bits per heavy atom. The van der Waals surface area contributed by atoms with E-state index in [9.17, 15) is 4.79 Å². The second-order valence-electron chi connectivity index (χ2n) is 1.85. The first-order valence-electron chi connectivity index (χ1n) is 3.05. The molecule has 0 fully saturated rings. The molecule has 0 aliphatic carbocycles. The first-order valence-corrected chi connectivity index (χ1v) is 4.21. The highest BCUT2D eigenvalue weighted by Gasteiger charge is 2.17. The maximum atomic E-state index is 10.8. The van der Waals surface area contributed by atoms with Crippen LogP contribution >= 0.6 is 35.5 Å². The van der Waals surface area contributed by atoms with E-state index < -0.39 is 5.24 Å². The Balaban J connectivity index is 0.00000169. The predicted octanol–water partition coefficient (Wildman–Crippen LogP) is 0.658. The lowest BCUT2D eigenvalue weighted by Crippen LogP contribution is -2.12. The summed E-state index contributed by atoms with van der Waals surface area (Å²) in [7, 11) is 1.29. The molecular formula is C5H6Cl2N4O2S. The summed E-state index contributed by atoms with van der Waals surface area (Å²) in [4.78, 5) is 18.9. The largest absolute Gasteiger partial charge is 0.398 e. The number of nitrogens with zero attached hydrogens (tertiary/aromatic N) is 3. The van der Waals surface area contributed by atoms with Crippen molar-refractivity contribution in [3.63, 3.8) is 0 Å². The van der Waals surface area contributed by atoms with Crippen molar-refractivity contribution in [1.29, 1.82) is 0 Å². The molecular weight excluding hydrogens is 251 g/mol. The molecule has 14 heavy (non-hydrogen) atoms. The first kappa shape index (κ1) is 13.1. The van der Waals surface area contributed by atoms with Crippen molar-refractivity contribution in [2.75, 3.05) is 12.8 Å². The number of nitrogen functional groups attached to an aromatic ring is 1. The maximum absolute atomic E-state index is 10.8. The summed E-state index contributed by atoms with van der Waals surface area (Å²) in [6.07, 6.45) is 0. The fourth-order valence-electron chi connectivity index (χ4n) is 0.587. The van der Waals surface area contributed by atoms with E-state index in [0.717, 1.165) is 11.5 Å². The minimum Gasteiger partial charge on any atom is -0.398 e. The molecule has 1 aromatic rings. The smallest absolute Gasteiger partial charge is 0.278 e. The lowest BCUT2D eigenvalue weighted by molar-refractivity contribution is -0.106. The third-order valence-electron chi connectivity index (χ3n) is 1.02. The summed E-state index contributed by atoms with van der Waals surface area (Å²) in [5.41, 5.74) is 5.15. The zero-order valence-corrected chi connectivity index (χ0v) is 9.32. The molecule has 1 aromatic heterocycles. The topological polar surface area (TPSA) is 90.5 Å². The monoisotopic (exact) mass is 256 g/mol. The second kappa shape index (κ2) is 5.74. The Hall–Kier alpha value is -0.920. The first-order chi connectivity index (χ1) is 6.15. The van der Waals surface area contributed by atoms with Gasteiger partial charge in [0.15, 0.2) is 5.13 Å². The molecule has 78 valence electrons. The van der Waals surface area contributed by atoms with Crippen LogP contribution in [0.3, 0.4) is 0 Å². The number of aromatic nitrogens is 2. The molecule has 2 N–H and O–H groups in total. The van der Waals surface area contributed by atoms with Gasteiger partial charge in [0, 0.05) is 11.5 Å². The van der Waals surface area contributed by atoms with Gasteiger partial charge in [-0.1, -0.05) is 5.16 Å². The van der Waals surface area contributed by atoms with Gasteiger partial charge in [-0.05, 0) is 11.6 Å². The van der Waals surface area contributed by atoms with Gasteiger partial charge in [0.2, 0.25) is 11.5 Å². The van der Waals surface area contributed by atoms with Gasteiger partial charge in [-0.2, -0.15) is 9.36 Å². The van der Waals surface area contributed by atoms with E-state index in [-0.39, 0.29) is 29.1 Å². The van der Waals surface area contributed by atoms with Gasteiger partial charge in [-0.25, -0.2) is 0 Å². The van der Waals surface area contributed by atoms with E-state index >= 15 is 0 Å². The summed E-state index contributed by atoms with van der Waals surface area (Å²) in [5, 5.41) is 2.81. The van der Waals surface area contributed by atoms with E-state index in [1.54, 1.807) is 0 Å². The van der Waals surface area contributed by atoms with Crippen LogP contribution in [0.5, 0.6) is 0 Å². The molecule has 0 unspecified atom stereocenters. The molecule has 0 radical (unpaired) electrons. The van der Waals surface area contributed by atoms with Crippen LogP contribution in [0.4, 0.5) is 5.13 Å². The molecule has 0 saturated heterocycles. The van der Waals surface area contributed by atoms with Crippen LogP contribution in [0.15, 0.2) is 5.16 Å². The standard InChI is InChI=1S/C5H5ClN4O2S.ClH/c1-12-9-2(3(6)11)4-8-5(7)13-10-4;/h1H3,(H2,7,8,10);1H/b9-2+;. The van der Waals surface area contributed by atoms with Gasteiger partial charge < -0.3 is 10.6 Å². The Morgan fingerprint density at radius 3 is 2.71 bits per heavy atom. The summed E-state index contributed by atoms with van der Waals surface area (Å²) >= 11 is 6.15. The molecule has 0 bridgehead atoms. The summed E-state index contributed by atoms with van der Waals surface area (Å²) < 4.78 is 3.75. The number of anilines is 1. The average Bonchev–Trinajstić information content (AvgIpc) is 2.46. The summed E-state index contributed by atoms with van der Waals surface area (Å²) in [6.45, 7) is 0. The minimum atomic E-state index is -0.792. The SMILES string of the molecule is CO/N=C(\C(=O)Cl)c1nsc(N)n1.Cl. The molecule has 0 atom stereocenters. The molecule has 6 nitrogen and oxygen atoms in total. The molecule has 0 spiro atoms. The number of rotatable bonds is 3. The molecule has 0 saturated carbocycles. The number of carbonyl (C=O) groups excluding carboxylic acids is 1. The van der Waals surface area contributed by atoms with E-state index in [0.29, 0.717) is 0 Å². The molecule has 9 heteroatoms. The quantitative estimate of drug-likeness (QED) is 0.488. The zero-order valence-electron chi connectivity index (χ0n) is 6.93. The Labute approximate surface area is 94.7 Å². The molecule has 0 aromatic carbocycles. The van der Waals surface area contributed by atoms with Crippen molar-refractivity contribution < 1.29 is 9.63 Å². The third-order valence-corrected chi connectivity index (χ3v) is 1.74. The van der Waals surface area contributed by atoms with Gasteiger partial charge >= 0.3 is 0 Å². The lowest BCUT2D eigenvalue weighted by Gasteiger charge is -1.92. The number of hydrogen-bond acceptors (Lipinski definition) is 7. The van der Waals surface area contributed by atoms with Crippen molar-refractivity contribution >= 4 is 51.6 Å². The van der Waals surface area contributed by atoms with E-state index in [1.807, 2.05) is 0 Å². The Morgan fingerprint density at radius 1 is 1.71 bits per heavy atom. The van der Waals surface area contributed by atoms with Crippen LogP contribution in [0.2, 0.25) is 0 Å². The minimum absolute atomic E-state index is 0. The van der Waals surface area contributed by atoms with E-state index in [4.69, 9.17) is 17.3 Å². The van der Waals surface area contributed by atoms with E-state index in [2.05, 4.69) is 19.4 Å². The van der Waals surface area contributed by atoms with Crippen LogP contribution in [-0.4, -0.2) is 27.4 Å². The van der Waals surface area contributed by atoms with Crippen molar-refractivity contribution in [1.82, 2.24) is 9.36 Å². The van der Waals surface area contributed by atoms with Gasteiger partial charge in [0.05, 0.1) is 0 Å². The van der Waals surface area contributed by atoms with Gasteiger partial charge in [0.25, 0.3) is 5.24 Å². The average molecular weight is 257 g/mol. The molecule has 0 amide bonds. The van der Waals surface area contributed by atoms with Crippen molar-refractivity contribution in [2.24, 2.45) is 5.16 Å². The second-order valence-corrected chi connectivity index (χ2v) is 2.98. The van der Waals surface area contributed by atoms with E-state index in [1.165, 1.54) is 7.11 Å². The highest BCUT2D eigenvalue weighted by atomic mass is 35.5. The normalized spacial score (nSPS) is 10.6. The fourth-order valence-corrected chi connectivity index (χ4v) is 1.14. The molecule has 1 heterocycles. The third kappa shape index (κ3) is 3.09. The number of hydrogen-bond donors (Lipinski definition) is 1. The van der Waals surface area contributed by atoms with Gasteiger partial charge in [-0.3, -0.25) is 4.79 Å². The van der Waals surface area contributed by atoms with Crippen molar-refractivity contribution in [3.8, 4) is 0 Å². The van der Waals surface area contributed by atoms with Crippen molar-refractivity contribution in [3.05, 3.63) is 5.82 Å². The van der Waals surface area contributed by atoms with Crippen LogP contribution < -0.4 is 5.73 Å². The summed E-state index contributed by atoms with van der Waals surface area (Å²) in [6, 6.07) is 0. The Bertz CT molecular complexity index is 353. The fraction of sp³-hybridized carbons (Fsp3) is 0.200. The number of oxime groups is 1. The molecule has 0 aliphatic heterocycles. The number of carbonyl (C=O) groups is 1. The van der Waals surface area contributed by atoms with Crippen molar-refractivity contribution in [2.45, 2.75) is 0 Å². The van der Waals surface area contributed by atoms with Gasteiger partial charge in [0.1, 0.15) is 7.11 Å². The zero-order chi connectivity index (χ0) is 9.84. The predicted molar refractivity (Wildman–Crippen MR) is 56.0 cm³/mol. The molecule has 0 aliphatic rings. The van der Waals surface area contributed by atoms with Gasteiger partial charge in [-0.15, -0.1) is 12.4 Å². The van der Waals surface area contributed by atoms with Crippen LogP contribution in [-0.2, 0) is 9.63 Å². The van der Waals surface area contributed by atoms with Crippen LogP contribution in [0.25, 0.3) is 0 Å². The van der Waals surface area contributed by atoms with Crippen LogP contribution in [0, 0.1) is 0 Å². The Kier molecular flexibility index (Phi) is 5.36. The number of halogens is 2. The lowest BCUT2D eigenvalue weighted by atomic mass is 10.4. The highest BCUT2D eigenvalue weighted by Crippen LogP contribution is 2.08. The maximum Gasteiger partial charge on any atom is 0.278 e.